The van der Waals surface area contributed by atoms with Gasteiger partial charge in [0.05, 0.1) is 11.0 Å². The van der Waals surface area contributed by atoms with E-state index in [-0.39, 0.29) is 5.78 Å². The van der Waals surface area contributed by atoms with Crippen molar-refractivity contribution in [1.29, 1.82) is 0 Å². The fourth-order valence-corrected chi connectivity index (χ4v) is 2.59. The lowest BCUT2D eigenvalue weighted by Gasteiger charge is -2.05. The summed E-state index contributed by atoms with van der Waals surface area (Å²) in [5, 5.41) is 0. The molecule has 3 aromatic rings. The Morgan fingerprint density at radius 1 is 1.21 bits per heavy atom. The van der Waals surface area contributed by atoms with Crippen molar-refractivity contribution in [3.05, 3.63) is 57.9 Å². The second-order valence-electron chi connectivity index (χ2n) is 4.35. The van der Waals surface area contributed by atoms with E-state index in [0.717, 1.165) is 16.7 Å². The first-order valence-electron chi connectivity index (χ1n) is 5.89. The Morgan fingerprint density at radius 3 is 2.79 bits per heavy atom. The van der Waals surface area contributed by atoms with Crippen molar-refractivity contribution in [2.24, 2.45) is 0 Å². The summed E-state index contributed by atoms with van der Waals surface area (Å²) in [4.78, 5) is 15.8. The van der Waals surface area contributed by atoms with E-state index in [4.69, 9.17) is 0 Å². The molecule has 0 radical (unpaired) electrons. The molecule has 2 aromatic carbocycles. The molecule has 0 bridgehead atoms. The van der Waals surface area contributed by atoms with Gasteiger partial charge in [0.2, 0.25) is 0 Å². The molecular formula is C15H11IN2O. The van der Waals surface area contributed by atoms with Crippen LogP contribution in [0.25, 0.3) is 16.7 Å². The summed E-state index contributed by atoms with van der Waals surface area (Å²) in [6.45, 7) is 1.57. The van der Waals surface area contributed by atoms with Crippen LogP contribution in [0.15, 0.2) is 48.8 Å². The van der Waals surface area contributed by atoms with Crippen LogP contribution in [-0.4, -0.2) is 15.3 Å². The summed E-state index contributed by atoms with van der Waals surface area (Å²) in [5.41, 5.74) is 3.61. The molecule has 4 heteroatoms. The molecule has 3 nitrogen and oxygen atoms in total. The van der Waals surface area contributed by atoms with E-state index in [1.165, 1.54) is 3.57 Å². The minimum atomic E-state index is 0.0608. The molecule has 0 aliphatic carbocycles. The largest absolute Gasteiger partial charge is 0.299 e. The predicted molar refractivity (Wildman–Crippen MR) is 83.8 cm³/mol. The maximum absolute atomic E-state index is 11.4. The maximum Gasteiger partial charge on any atom is 0.159 e. The SMILES string of the molecule is CC(=O)c1ccc2c(c1)ncn2-c1cccc(I)c1. The first-order valence-corrected chi connectivity index (χ1v) is 6.97. The zero-order valence-electron chi connectivity index (χ0n) is 10.3. The van der Waals surface area contributed by atoms with E-state index in [1.807, 2.05) is 34.9 Å². The van der Waals surface area contributed by atoms with Gasteiger partial charge in [-0.05, 0) is 65.9 Å². The van der Waals surface area contributed by atoms with Crippen molar-refractivity contribution in [2.75, 3.05) is 0 Å². The van der Waals surface area contributed by atoms with Crippen LogP contribution in [0.3, 0.4) is 0 Å². The lowest BCUT2D eigenvalue weighted by atomic mass is 10.1. The molecule has 0 N–H and O–H groups in total. The van der Waals surface area contributed by atoms with E-state index in [1.54, 1.807) is 13.3 Å². The minimum Gasteiger partial charge on any atom is -0.299 e. The number of ketones is 1. The van der Waals surface area contributed by atoms with Crippen LogP contribution >= 0.6 is 22.6 Å². The molecule has 0 aliphatic rings. The summed E-state index contributed by atoms with van der Waals surface area (Å²) in [6.07, 6.45) is 1.79. The number of carbonyl (C=O) groups excluding carboxylic acids is 1. The van der Waals surface area contributed by atoms with Crippen LogP contribution in [0.1, 0.15) is 17.3 Å². The molecule has 0 fully saturated rings. The van der Waals surface area contributed by atoms with Crippen LogP contribution in [0.2, 0.25) is 0 Å². The number of rotatable bonds is 2. The highest BCUT2D eigenvalue weighted by molar-refractivity contribution is 14.1. The zero-order valence-corrected chi connectivity index (χ0v) is 12.5. The van der Waals surface area contributed by atoms with Crippen LogP contribution in [-0.2, 0) is 0 Å². The number of fused-ring (bicyclic) bond motifs is 1. The normalized spacial score (nSPS) is 10.8. The van der Waals surface area contributed by atoms with Gasteiger partial charge in [-0.3, -0.25) is 9.36 Å². The summed E-state index contributed by atoms with van der Waals surface area (Å²) in [5.74, 6) is 0.0608. The van der Waals surface area contributed by atoms with Gasteiger partial charge < -0.3 is 0 Å². The number of halogens is 1. The quantitative estimate of drug-likeness (QED) is 0.513. The Bertz CT molecular complexity index is 777. The van der Waals surface area contributed by atoms with E-state index in [2.05, 4.69) is 39.7 Å². The van der Waals surface area contributed by atoms with Crippen molar-refractivity contribution in [2.45, 2.75) is 6.92 Å². The minimum absolute atomic E-state index is 0.0608. The first-order chi connectivity index (χ1) is 9.15. The molecule has 1 aromatic heterocycles. The second kappa shape index (κ2) is 4.77. The highest BCUT2D eigenvalue weighted by Crippen LogP contribution is 2.20. The number of benzene rings is 2. The van der Waals surface area contributed by atoms with Gasteiger partial charge in [0, 0.05) is 14.8 Å². The van der Waals surface area contributed by atoms with E-state index >= 15 is 0 Å². The second-order valence-corrected chi connectivity index (χ2v) is 5.60. The standard InChI is InChI=1S/C15H11IN2O/c1-10(19)11-5-6-15-14(7-11)17-9-18(15)13-4-2-3-12(16)8-13/h2-9H,1H3. The van der Waals surface area contributed by atoms with Crippen molar-refractivity contribution in [3.63, 3.8) is 0 Å². The summed E-state index contributed by atoms with van der Waals surface area (Å²) in [7, 11) is 0. The number of imidazole rings is 1. The van der Waals surface area contributed by atoms with Crippen molar-refractivity contribution in [3.8, 4) is 5.69 Å². The maximum atomic E-state index is 11.4. The molecule has 3 rings (SSSR count). The third kappa shape index (κ3) is 2.28. The van der Waals surface area contributed by atoms with Gasteiger partial charge in [-0.1, -0.05) is 6.07 Å². The summed E-state index contributed by atoms with van der Waals surface area (Å²) < 4.78 is 3.21. The van der Waals surface area contributed by atoms with Gasteiger partial charge in [0.1, 0.15) is 6.33 Å². The number of Topliss-reactive ketones (excluding diaryl/α,β-unsaturated/α-hetero) is 1. The molecule has 0 atom stereocenters. The highest BCUT2D eigenvalue weighted by atomic mass is 127. The van der Waals surface area contributed by atoms with Gasteiger partial charge >= 0.3 is 0 Å². The predicted octanol–water partition coefficient (Wildman–Crippen LogP) is 3.83. The number of hydrogen-bond acceptors (Lipinski definition) is 2. The van der Waals surface area contributed by atoms with Gasteiger partial charge in [-0.25, -0.2) is 4.98 Å². The van der Waals surface area contributed by atoms with E-state index in [0.29, 0.717) is 5.56 Å². The summed E-state index contributed by atoms with van der Waals surface area (Å²) >= 11 is 2.29. The fraction of sp³-hybridized carbons (Fsp3) is 0.0667. The topological polar surface area (TPSA) is 34.9 Å². The Balaban J connectivity index is 2.18. The van der Waals surface area contributed by atoms with Crippen molar-refractivity contribution < 1.29 is 4.79 Å². The molecule has 0 saturated carbocycles. The Labute approximate surface area is 124 Å². The molecule has 1 heterocycles. The van der Waals surface area contributed by atoms with Crippen molar-refractivity contribution in [1.82, 2.24) is 9.55 Å². The van der Waals surface area contributed by atoms with Gasteiger partial charge in [-0.15, -0.1) is 0 Å². The van der Waals surface area contributed by atoms with Gasteiger partial charge in [-0.2, -0.15) is 0 Å². The highest BCUT2D eigenvalue weighted by Gasteiger charge is 2.07. The van der Waals surface area contributed by atoms with E-state index in [9.17, 15) is 4.79 Å². The Hall–Kier alpha value is -1.69. The molecule has 94 valence electrons. The Morgan fingerprint density at radius 2 is 2.05 bits per heavy atom. The lowest BCUT2D eigenvalue weighted by Crippen LogP contribution is -1.94. The van der Waals surface area contributed by atoms with Crippen LogP contribution in [0, 0.1) is 3.57 Å². The van der Waals surface area contributed by atoms with Crippen molar-refractivity contribution >= 4 is 39.4 Å². The average Bonchev–Trinajstić information content (AvgIpc) is 2.81. The third-order valence-electron chi connectivity index (χ3n) is 3.04. The molecule has 0 saturated heterocycles. The Kier molecular flexibility index (Phi) is 3.10. The molecule has 0 amide bonds. The number of nitrogens with zero attached hydrogens (tertiary/aromatic N) is 2. The average molecular weight is 362 g/mol. The number of aromatic nitrogens is 2. The van der Waals surface area contributed by atoms with Crippen LogP contribution in [0.5, 0.6) is 0 Å². The lowest BCUT2D eigenvalue weighted by molar-refractivity contribution is 0.101. The molecule has 0 spiro atoms. The zero-order chi connectivity index (χ0) is 13.4. The number of hydrogen-bond donors (Lipinski definition) is 0. The molecule has 0 aliphatic heterocycles. The molecular weight excluding hydrogens is 351 g/mol. The smallest absolute Gasteiger partial charge is 0.159 e. The fourth-order valence-electron chi connectivity index (χ4n) is 2.06. The monoisotopic (exact) mass is 362 g/mol. The van der Waals surface area contributed by atoms with Gasteiger partial charge in [0.25, 0.3) is 0 Å². The number of carbonyl (C=O) groups is 1. The molecule has 19 heavy (non-hydrogen) atoms. The summed E-state index contributed by atoms with van der Waals surface area (Å²) in [6, 6.07) is 13.8. The van der Waals surface area contributed by atoms with E-state index < -0.39 is 0 Å². The van der Waals surface area contributed by atoms with Crippen LogP contribution < -0.4 is 0 Å². The third-order valence-corrected chi connectivity index (χ3v) is 3.71. The molecule has 0 unspecified atom stereocenters. The van der Waals surface area contributed by atoms with Gasteiger partial charge in [0.15, 0.2) is 5.78 Å². The van der Waals surface area contributed by atoms with Crippen LogP contribution in [0.4, 0.5) is 0 Å². The first kappa shape index (κ1) is 12.3.